The van der Waals surface area contributed by atoms with Gasteiger partial charge in [0, 0.05) is 6.54 Å². The molecule has 0 aromatic carbocycles. The summed E-state index contributed by atoms with van der Waals surface area (Å²) in [6.45, 7) is 0.853. The molecule has 0 saturated carbocycles. The van der Waals surface area contributed by atoms with Gasteiger partial charge in [-0.2, -0.15) is 15.0 Å². The lowest BCUT2D eigenvalue weighted by Gasteiger charge is -2.33. The fourth-order valence-electron chi connectivity index (χ4n) is 0.982. The molecule has 0 amide bonds. The van der Waals surface area contributed by atoms with E-state index in [4.69, 9.17) is 5.73 Å². The van der Waals surface area contributed by atoms with Crippen LogP contribution in [-0.4, -0.2) is 27.6 Å². The van der Waals surface area contributed by atoms with Crippen molar-refractivity contribution in [2.45, 2.75) is 12.2 Å². The molecule has 5 nitrogen and oxygen atoms in total. The van der Waals surface area contributed by atoms with E-state index < -0.39 is 0 Å². The number of nitrogens with zero attached hydrogens (tertiary/aromatic N) is 3. The highest BCUT2D eigenvalue weighted by Crippen LogP contribution is 2.10. The molecule has 10 heavy (non-hydrogen) atoms. The summed E-state index contributed by atoms with van der Waals surface area (Å²) in [7, 11) is 0. The van der Waals surface area contributed by atoms with Gasteiger partial charge in [0.1, 0.15) is 6.17 Å². The fraction of sp³-hybridized carbons (Fsp3) is 0.600. The molecule has 1 aromatic rings. The van der Waals surface area contributed by atoms with Crippen LogP contribution in [0.3, 0.4) is 0 Å². The molecule has 0 aliphatic carbocycles. The maximum absolute atomic E-state index is 5.65. The predicted molar refractivity (Wildman–Crippen MR) is 35.0 cm³/mol. The minimum absolute atomic E-state index is 0.106. The van der Waals surface area contributed by atoms with Gasteiger partial charge in [0.05, 0.1) is 18.4 Å². The average Bonchev–Trinajstić information content (AvgIpc) is 2.37. The highest BCUT2D eigenvalue weighted by molar-refractivity contribution is 4.86. The molecule has 1 saturated heterocycles. The molecule has 54 valence electrons. The predicted octanol–water partition coefficient (Wildman–Crippen LogP) is -1.29. The summed E-state index contributed by atoms with van der Waals surface area (Å²) in [6, 6.07) is 0.160. The molecular formula is C5H9N5. The molecule has 1 aliphatic rings. The van der Waals surface area contributed by atoms with Crippen molar-refractivity contribution in [3.63, 3.8) is 0 Å². The van der Waals surface area contributed by atoms with E-state index in [0.717, 1.165) is 6.54 Å². The van der Waals surface area contributed by atoms with Crippen molar-refractivity contribution >= 4 is 0 Å². The first kappa shape index (κ1) is 5.82. The summed E-state index contributed by atoms with van der Waals surface area (Å²) in [6.07, 6.45) is 3.40. The van der Waals surface area contributed by atoms with Crippen molar-refractivity contribution in [1.29, 1.82) is 0 Å². The van der Waals surface area contributed by atoms with E-state index in [2.05, 4.69) is 15.5 Å². The van der Waals surface area contributed by atoms with E-state index in [1.165, 1.54) is 0 Å². The molecular weight excluding hydrogens is 130 g/mol. The van der Waals surface area contributed by atoms with Crippen molar-refractivity contribution in [3.05, 3.63) is 12.4 Å². The molecule has 2 atom stereocenters. The highest BCUT2D eigenvalue weighted by Gasteiger charge is 2.29. The third-order valence-electron chi connectivity index (χ3n) is 1.65. The molecule has 2 rings (SSSR count). The second-order valence-corrected chi connectivity index (χ2v) is 2.37. The van der Waals surface area contributed by atoms with Gasteiger partial charge < -0.3 is 5.73 Å². The van der Waals surface area contributed by atoms with Crippen LogP contribution in [0.2, 0.25) is 0 Å². The Labute approximate surface area is 58.2 Å². The van der Waals surface area contributed by atoms with Crippen LogP contribution < -0.4 is 11.1 Å². The first-order valence-electron chi connectivity index (χ1n) is 3.23. The van der Waals surface area contributed by atoms with E-state index in [-0.39, 0.29) is 12.2 Å². The van der Waals surface area contributed by atoms with Crippen molar-refractivity contribution in [2.24, 2.45) is 5.73 Å². The Balaban J connectivity index is 2.14. The SMILES string of the molecule is N[C@H]1CNC1n1nccn1. The third-order valence-corrected chi connectivity index (χ3v) is 1.65. The van der Waals surface area contributed by atoms with Crippen LogP contribution in [0, 0.1) is 0 Å². The second kappa shape index (κ2) is 2.03. The number of hydrogen-bond donors (Lipinski definition) is 2. The number of rotatable bonds is 1. The van der Waals surface area contributed by atoms with Crippen molar-refractivity contribution in [2.75, 3.05) is 6.54 Å². The van der Waals surface area contributed by atoms with Gasteiger partial charge in [-0.05, 0) is 0 Å². The smallest absolute Gasteiger partial charge is 0.138 e. The summed E-state index contributed by atoms with van der Waals surface area (Å²) >= 11 is 0. The van der Waals surface area contributed by atoms with Crippen molar-refractivity contribution in [1.82, 2.24) is 20.3 Å². The van der Waals surface area contributed by atoms with E-state index in [1.807, 2.05) is 0 Å². The van der Waals surface area contributed by atoms with Gasteiger partial charge in [0.15, 0.2) is 0 Å². The van der Waals surface area contributed by atoms with E-state index >= 15 is 0 Å². The van der Waals surface area contributed by atoms with Crippen LogP contribution in [0.4, 0.5) is 0 Å². The summed E-state index contributed by atoms with van der Waals surface area (Å²) in [5.74, 6) is 0. The Hall–Kier alpha value is -0.940. The van der Waals surface area contributed by atoms with Crippen LogP contribution >= 0.6 is 0 Å². The second-order valence-electron chi connectivity index (χ2n) is 2.37. The van der Waals surface area contributed by atoms with E-state index in [1.54, 1.807) is 17.2 Å². The zero-order valence-electron chi connectivity index (χ0n) is 5.44. The quantitative estimate of drug-likeness (QED) is 0.508. The largest absolute Gasteiger partial charge is 0.324 e. The Kier molecular flexibility index (Phi) is 1.18. The minimum Gasteiger partial charge on any atom is -0.324 e. The first-order chi connectivity index (χ1) is 4.88. The minimum atomic E-state index is 0.106. The maximum atomic E-state index is 5.65. The van der Waals surface area contributed by atoms with Crippen molar-refractivity contribution in [3.8, 4) is 0 Å². The number of hydrogen-bond acceptors (Lipinski definition) is 4. The topological polar surface area (TPSA) is 68.8 Å². The zero-order valence-corrected chi connectivity index (χ0v) is 5.44. The van der Waals surface area contributed by atoms with Crippen LogP contribution in [0.1, 0.15) is 6.17 Å². The Morgan fingerprint density at radius 1 is 1.50 bits per heavy atom. The van der Waals surface area contributed by atoms with Crippen LogP contribution in [0.15, 0.2) is 12.4 Å². The Morgan fingerprint density at radius 2 is 2.20 bits per heavy atom. The molecule has 1 unspecified atom stereocenters. The standard InChI is InChI=1S/C5H9N5/c6-4-3-7-5(4)10-8-1-2-9-10/h1-2,4-5,7H,3,6H2/t4-,5?/m0/s1. The van der Waals surface area contributed by atoms with E-state index in [9.17, 15) is 0 Å². The molecule has 5 heteroatoms. The lowest BCUT2D eigenvalue weighted by molar-refractivity contribution is 0.192. The molecule has 3 N–H and O–H groups in total. The Morgan fingerprint density at radius 3 is 2.60 bits per heavy atom. The first-order valence-corrected chi connectivity index (χ1v) is 3.23. The van der Waals surface area contributed by atoms with Gasteiger partial charge in [0.2, 0.25) is 0 Å². The van der Waals surface area contributed by atoms with Gasteiger partial charge in [-0.1, -0.05) is 0 Å². The lowest BCUT2D eigenvalue weighted by atomic mass is 10.1. The monoisotopic (exact) mass is 139 g/mol. The van der Waals surface area contributed by atoms with Gasteiger partial charge in [-0.15, -0.1) is 0 Å². The van der Waals surface area contributed by atoms with Gasteiger partial charge in [-0.25, -0.2) is 0 Å². The zero-order chi connectivity index (χ0) is 6.97. The van der Waals surface area contributed by atoms with E-state index in [0.29, 0.717) is 0 Å². The highest BCUT2D eigenvalue weighted by atomic mass is 15.5. The third kappa shape index (κ3) is 0.714. The molecule has 0 radical (unpaired) electrons. The van der Waals surface area contributed by atoms with Gasteiger partial charge >= 0.3 is 0 Å². The summed E-state index contributed by atoms with van der Waals surface area (Å²) in [4.78, 5) is 1.59. The van der Waals surface area contributed by atoms with Crippen LogP contribution in [0.5, 0.6) is 0 Å². The summed E-state index contributed by atoms with van der Waals surface area (Å²) in [5.41, 5.74) is 5.65. The van der Waals surface area contributed by atoms with Crippen LogP contribution in [0.25, 0.3) is 0 Å². The van der Waals surface area contributed by atoms with Gasteiger partial charge in [-0.3, -0.25) is 5.32 Å². The maximum Gasteiger partial charge on any atom is 0.138 e. The number of nitrogens with two attached hydrogens (primary N) is 1. The fourth-order valence-corrected chi connectivity index (χ4v) is 0.982. The Bertz CT molecular complexity index is 206. The van der Waals surface area contributed by atoms with Crippen molar-refractivity contribution < 1.29 is 0 Å². The molecule has 1 aliphatic heterocycles. The molecule has 2 heterocycles. The van der Waals surface area contributed by atoms with Gasteiger partial charge in [0.25, 0.3) is 0 Å². The average molecular weight is 139 g/mol. The lowest BCUT2D eigenvalue weighted by Crippen LogP contribution is -2.58. The summed E-state index contributed by atoms with van der Waals surface area (Å²) in [5, 5.41) is 11.0. The molecule has 0 spiro atoms. The normalized spacial score (nSPS) is 31.7. The number of nitrogens with one attached hydrogen (secondary N) is 1. The number of aromatic nitrogens is 3. The van der Waals surface area contributed by atoms with Crippen LogP contribution in [-0.2, 0) is 0 Å². The molecule has 1 fully saturated rings. The molecule has 0 bridgehead atoms. The summed E-state index contributed by atoms with van der Waals surface area (Å²) < 4.78 is 0. The molecule has 1 aromatic heterocycles.